The van der Waals surface area contributed by atoms with Gasteiger partial charge in [-0.25, -0.2) is 4.98 Å². The maximum atomic E-state index is 12.1. The van der Waals surface area contributed by atoms with Crippen LogP contribution in [0.25, 0.3) is 11.4 Å². The zero-order chi connectivity index (χ0) is 16.2. The molecule has 3 aromatic rings. The van der Waals surface area contributed by atoms with E-state index in [2.05, 4.69) is 25.5 Å². The van der Waals surface area contributed by atoms with Crippen LogP contribution < -0.4 is 5.32 Å². The highest BCUT2D eigenvalue weighted by Crippen LogP contribution is 2.15. The van der Waals surface area contributed by atoms with Gasteiger partial charge >= 0.3 is 0 Å². The summed E-state index contributed by atoms with van der Waals surface area (Å²) in [4.78, 5) is 20.7. The van der Waals surface area contributed by atoms with Gasteiger partial charge in [0.05, 0.1) is 12.1 Å². The third-order valence-electron chi connectivity index (χ3n) is 3.51. The van der Waals surface area contributed by atoms with Gasteiger partial charge in [-0.15, -0.1) is 0 Å². The van der Waals surface area contributed by atoms with Gasteiger partial charge in [-0.1, -0.05) is 29.8 Å². The summed E-state index contributed by atoms with van der Waals surface area (Å²) < 4.78 is 0. The van der Waals surface area contributed by atoms with Gasteiger partial charge < -0.3 is 5.32 Å². The van der Waals surface area contributed by atoms with Gasteiger partial charge in [-0.05, 0) is 26.0 Å². The van der Waals surface area contributed by atoms with E-state index in [1.807, 2.05) is 31.2 Å². The molecule has 23 heavy (non-hydrogen) atoms. The summed E-state index contributed by atoms with van der Waals surface area (Å²) in [5, 5.41) is 9.85. The van der Waals surface area contributed by atoms with Crippen molar-refractivity contribution in [2.75, 3.05) is 0 Å². The number of nitrogens with one attached hydrogen (secondary N) is 2. The molecular formula is C17H17N5O. The van der Waals surface area contributed by atoms with Crippen molar-refractivity contribution in [1.82, 2.24) is 25.5 Å². The quantitative estimate of drug-likeness (QED) is 0.775. The molecule has 2 heterocycles. The van der Waals surface area contributed by atoms with E-state index in [-0.39, 0.29) is 12.5 Å². The maximum Gasteiger partial charge on any atom is 0.253 e. The molecule has 0 saturated heterocycles. The Balaban J connectivity index is 1.67. The van der Waals surface area contributed by atoms with E-state index in [0.29, 0.717) is 22.9 Å². The first-order valence-electron chi connectivity index (χ1n) is 7.31. The van der Waals surface area contributed by atoms with Crippen LogP contribution >= 0.6 is 0 Å². The Bertz CT molecular complexity index is 823. The highest BCUT2D eigenvalue weighted by atomic mass is 16.1. The van der Waals surface area contributed by atoms with Gasteiger partial charge in [-0.2, -0.15) is 5.10 Å². The zero-order valence-corrected chi connectivity index (χ0v) is 13.0. The summed E-state index contributed by atoms with van der Waals surface area (Å²) in [5.74, 6) is 1.05. The van der Waals surface area contributed by atoms with Gasteiger partial charge in [0.25, 0.3) is 5.91 Å². The summed E-state index contributed by atoms with van der Waals surface area (Å²) in [5.41, 5.74) is 3.38. The molecule has 6 heteroatoms. The molecule has 0 atom stereocenters. The molecule has 0 bridgehead atoms. The molecule has 116 valence electrons. The summed E-state index contributed by atoms with van der Waals surface area (Å²) in [6, 6.07) is 11.5. The molecule has 0 aliphatic heterocycles. The number of carbonyl (C=O) groups is 1. The number of hydrogen-bond acceptors (Lipinski definition) is 4. The molecule has 0 spiro atoms. The Hall–Kier alpha value is -3.02. The molecule has 6 nitrogen and oxygen atoms in total. The number of benzene rings is 1. The molecular weight excluding hydrogens is 290 g/mol. The van der Waals surface area contributed by atoms with Gasteiger partial charge in [0.1, 0.15) is 5.82 Å². The number of carbonyl (C=O) groups excluding carboxylic acids is 1. The van der Waals surface area contributed by atoms with E-state index in [1.54, 1.807) is 25.3 Å². The van der Waals surface area contributed by atoms with Crippen molar-refractivity contribution < 1.29 is 4.79 Å². The van der Waals surface area contributed by atoms with Crippen LogP contribution in [0.2, 0.25) is 0 Å². The monoisotopic (exact) mass is 307 g/mol. The zero-order valence-electron chi connectivity index (χ0n) is 13.0. The Morgan fingerprint density at radius 3 is 2.70 bits per heavy atom. The fourth-order valence-corrected chi connectivity index (χ4v) is 2.19. The Kier molecular flexibility index (Phi) is 4.14. The van der Waals surface area contributed by atoms with Crippen LogP contribution in [-0.2, 0) is 6.54 Å². The van der Waals surface area contributed by atoms with Crippen LogP contribution in [0.5, 0.6) is 0 Å². The van der Waals surface area contributed by atoms with Crippen LogP contribution in [0.15, 0.2) is 42.6 Å². The van der Waals surface area contributed by atoms with E-state index >= 15 is 0 Å². The van der Waals surface area contributed by atoms with Crippen molar-refractivity contribution in [2.45, 2.75) is 20.4 Å². The van der Waals surface area contributed by atoms with Crippen molar-refractivity contribution in [2.24, 2.45) is 0 Å². The van der Waals surface area contributed by atoms with Crippen molar-refractivity contribution in [3.05, 3.63) is 65.2 Å². The molecule has 0 aliphatic carbocycles. The predicted molar refractivity (Wildman–Crippen MR) is 86.7 cm³/mol. The van der Waals surface area contributed by atoms with Crippen molar-refractivity contribution >= 4 is 5.91 Å². The molecule has 3 rings (SSSR count). The molecule has 0 unspecified atom stereocenters. The number of nitrogens with zero attached hydrogens (tertiary/aromatic N) is 3. The molecule has 2 N–H and O–H groups in total. The van der Waals surface area contributed by atoms with E-state index in [9.17, 15) is 4.79 Å². The van der Waals surface area contributed by atoms with Crippen LogP contribution in [0.4, 0.5) is 0 Å². The number of amides is 1. The molecule has 2 aromatic heterocycles. The number of aromatic nitrogens is 4. The number of aromatic amines is 1. The Labute approximate surface area is 134 Å². The summed E-state index contributed by atoms with van der Waals surface area (Å²) in [7, 11) is 0. The fraction of sp³-hybridized carbons (Fsp3) is 0.176. The van der Waals surface area contributed by atoms with Crippen LogP contribution in [0.3, 0.4) is 0 Å². The van der Waals surface area contributed by atoms with Crippen LogP contribution in [-0.4, -0.2) is 26.1 Å². The second-order valence-electron chi connectivity index (χ2n) is 5.29. The lowest BCUT2D eigenvalue weighted by molar-refractivity contribution is 0.0949. The van der Waals surface area contributed by atoms with E-state index in [1.165, 1.54) is 5.56 Å². The van der Waals surface area contributed by atoms with Gasteiger partial charge in [0.15, 0.2) is 5.82 Å². The number of aryl methyl sites for hydroxylation is 2. The average molecular weight is 307 g/mol. The SMILES string of the molecule is Cc1ccc(-c2n[nH]c(CNC(=O)c3cccnc3C)n2)cc1. The molecule has 0 aliphatic rings. The van der Waals surface area contributed by atoms with Crippen molar-refractivity contribution in [3.63, 3.8) is 0 Å². The molecule has 1 aromatic carbocycles. The molecule has 0 saturated carbocycles. The third-order valence-corrected chi connectivity index (χ3v) is 3.51. The Morgan fingerprint density at radius 1 is 1.17 bits per heavy atom. The lowest BCUT2D eigenvalue weighted by Crippen LogP contribution is -2.24. The molecule has 1 amide bonds. The lowest BCUT2D eigenvalue weighted by Gasteiger charge is -2.04. The van der Waals surface area contributed by atoms with Crippen molar-refractivity contribution in [3.8, 4) is 11.4 Å². The average Bonchev–Trinajstić information content (AvgIpc) is 3.03. The van der Waals surface area contributed by atoms with E-state index < -0.39 is 0 Å². The van der Waals surface area contributed by atoms with Gasteiger partial charge in [0.2, 0.25) is 0 Å². The summed E-state index contributed by atoms with van der Waals surface area (Å²) in [6.45, 7) is 4.12. The second-order valence-corrected chi connectivity index (χ2v) is 5.29. The topological polar surface area (TPSA) is 83.6 Å². The first kappa shape index (κ1) is 14.9. The predicted octanol–water partition coefficient (Wildman–Crippen LogP) is 2.41. The second kappa shape index (κ2) is 6.39. The first-order valence-corrected chi connectivity index (χ1v) is 7.31. The van der Waals surface area contributed by atoms with E-state index in [4.69, 9.17) is 0 Å². The smallest absolute Gasteiger partial charge is 0.253 e. The first-order chi connectivity index (χ1) is 11.1. The fourth-order valence-electron chi connectivity index (χ4n) is 2.19. The minimum atomic E-state index is -0.177. The standard InChI is InChI=1S/C17H17N5O/c1-11-5-7-13(8-6-11)16-20-15(21-22-16)10-19-17(23)14-4-3-9-18-12(14)2/h3-9H,10H2,1-2H3,(H,19,23)(H,20,21,22). The molecule has 0 fully saturated rings. The van der Waals surface area contributed by atoms with Crippen molar-refractivity contribution in [1.29, 1.82) is 0 Å². The van der Waals surface area contributed by atoms with Crippen LogP contribution in [0, 0.1) is 13.8 Å². The Morgan fingerprint density at radius 2 is 1.96 bits per heavy atom. The summed E-state index contributed by atoms with van der Waals surface area (Å²) >= 11 is 0. The minimum Gasteiger partial charge on any atom is -0.345 e. The highest BCUT2D eigenvalue weighted by molar-refractivity contribution is 5.95. The number of H-pyrrole nitrogens is 1. The third kappa shape index (κ3) is 3.42. The lowest BCUT2D eigenvalue weighted by atomic mass is 10.1. The summed E-state index contributed by atoms with van der Waals surface area (Å²) in [6.07, 6.45) is 1.66. The highest BCUT2D eigenvalue weighted by Gasteiger charge is 2.11. The van der Waals surface area contributed by atoms with E-state index in [0.717, 1.165) is 5.56 Å². The normalized spacial score (nSPS) is 10.5. The number of pyridine rings is 1. The number of rotatable bonds is 4. The van der Waals surface area contributed by atoms with Gasteiger partial charge in [-0.3, -0.25) is 14.9 Å². The molecule has 0 radical (unpaired) electrons. The van der Waals surface area contributed by atoms with Crippen LogP contribution in [0.1, 0.15) is 27.4 Å². The minimum absolute atomic E-state index is 0.177. The maximum absolute atomic E-state index is 12.1. The number of hydrogen-bond donors (Lipinski definition) is 2. The largest absolute Gasteiger partial charge is 0.345 e. The van der Waals surface area contributed by atoms with Gasteiger partial charge in [0, 0.05) is 17.5 Å².